The highest BCUT2D eigenvalue weighted by atomic mass is 16.5. The summed E-state index contributed by atoms with van der Waals surface area (Å²) >= 11 is 0. The van der Waals surface area contributed by atoms with E-state index in [0.29, 0.717) is 17.2 Å². The fourth-order valence-electron chi connectivity index (χ4n) is 3.43. The van der Waals surface area contributed by atoms with Crippen LogP contribution in [0.25, 0.3) is 0 Å². The maximum atomic E-state index is 11.1. The second-order valence-corrected chi connectivity index (χ2v) is 7.09. The molecule has 3 aromatic rings. The van der Waals surface area contributed by atoms with Gasteiger partial charge in [0.1, 0.15) is 5.75 Å². The van der Waals surface area contributed by atoms with Crippen LogP contribution in [-0.2, 0) is 6.54 Å². The monoisotopic (exact) mass is 388 g/mol. The normalized spacial score (nSPS) is 14.6. The van der Waals surface area contributed by atoms with Gasteiger partial charge >= 0.3 is 0 Å². The largest absolute Gasteiger partial charge is 0.439 e. The van der Waals surface area contributed by atoms with Crippen molar-refractivity contribution in [2.24, 2.45) is 5.73 Å². The highest BCUT2D eigenvalue weighted by molar-refractivity contribution is 5.92. The molecular formula is C23H24N4O2. The Hall–Kier alpha value is -3.38. The van der Waals surface area contributed by atoms with Crippen LogP contribution in [-0.4, -0.2) is 42.0 Å². The lowest BCUT2D eigenvalue weighted by Crippen LogP contribution is -2.45. The number of hydrogen-bond acceptors (Lipinski definition) is 5. The number of carbonyl (C=O) groups is 1. The lowest BCUT2D eigenvalue weighted by atomic mass is 10.2. The van der Waals surface area contributed by atoms with E-state index in [1.807, 2.05) is 12.1 Å². The Morgan fingerprint density at radius 1 is 0.931 bits per heavy atom. The van der Waals surface area contributed by atoms with Gasteiger partial charge in [0.15, 0.2) is 0 Å². The molecule has 29 heavy (non-hydrogen) atoms. The van der Waals surface area contributed by atoms with Gasteiger partial charge in [-0.15, -0.1) is 0 Å². The molecule has 0 saturated carbocycles. The molecule has 1 aromatic heterocycles. The molecule has 4 rings (SSSR count). The summed E-state index contributed by atoms with van der Waals surface area (Å²) in [5.41, 5.74) is 8.13. The Balaban J connectivity index is 1.29. The van der Waals surface area contributed by atoms with E-state index in [4.69, 9.17) is 10.5 Å². The average molecular weight is 388 g/mol. The van der Waals surface area contributed by atoms with E-state index in [0.717, 1.165) is 32.7 Å². The Morgan fingerprint density at radius 3 is 2.28 bits per heavy atom. The van der Waals surface area contributed by atoms with Gasteiger partial charge in [-0.1, -0.05) is 30.3 Å². The summed E-state index contributed by atoms with van der Waals surface area (Å²) in [4.78, 5) is 20.1. The number of anilines is 1. The van der Waals surface area contributed by atoms with Crippen molar-refractivity contribution >= 4 is 11.6 Å². The van der Waals surface area contributed by atoms with E-state index in [1.54, 1.807) is 12.1 Å². The minimum Gasteiger partial charge on any atom is -0.439 e. The molecule has 1 aliphatic rings. The second-order valence-electron chi connectivity index (χ2n) is 7.09. The van der Waals surface area contributed by atoms with Gasteiger partial charge in [0.05, 0.1) is 5.56 Å². The molecule has 2 aromatic carbocycles. The first-order valence-electron chi connectivity index (χ1n) is 9.72. The molecule has 6 heteroatoms. The van der Waals surface area contributed by atoms with Crippen molar-refractivity contribution in [1.82, 2.24) is 9.88 Å². The van der Waals surface area contributed by atoms with Crippen LogP contribution in [0, 0.1) is 0 Å². The van der Waals surface area contributed by atoms with E-state index in [1.165, 1.54) is 17.4 Å². The number of aromatic nitrogens is 1. The molecule has 0 spiro atoms. The van der Waals surface area contributed by atoms with Crippen LogP contribution in [0.5, 0.6) is 11.6 Å². The minimum absolute atomic E-state index is 0.361. The maximum Gasteiger partial charge on any atom is 0.250 e. The number of primary amides is 1. The Morgan fingerprint density at radius 2 is 1.66 bits per heavy atom. The number of ether oxygens (including phenoxy) is 1. The van der Waals surface area contributed by atoms with Crippen LogP contribution >= 0.6 is 0 Å². The van der Waals surface area contributed by atoms with Crippen molar-refractivity contribution in [3.63, 3.8) is 0 Å². The molecule has 2 N–H and O–H groups in total. The van der Waals surface area contributed by atoms with E-state index in [2.05, 4.69) is 57.2 Å². The lowest BCUT2D eigenvalue weighted by molar-refractivity contribution is 0.1000. The smallest absolute Gasteiger partial charge is 0.250 e. The van der Waals surface area contributed by atoms with Gasteiger partial charge in [0.2, 0.25) is 11.8 Å². The summed E-state index contributed by atoms with van der Waals surface area (Å²) in [5.74, 6) is 0.639. The third-order valence-corrected chi connectivity index (χ3v) is 5.07. The van der Waals surface area contributed by atoms with Crippen molar-refractivity contribution in [1.29, 1.82) is 0 Å². The fraction of sp³-hybridized carbons (Fsp3) is 0.217. The summed E-state index contributed by atoms with van der Waals surface area (Å²) in [6.07, 6.45) is 1.42. The van der Waals surface area contributed by atoms with Crippen LogP contribution in [0.1, 0.15) is 15.9 Å². The first kappa shape index (κ1) is 19.0. The quantitative estimate of drug-likeness (QED) is 0.702. The molecule has 0 aliphatic carbocycles. The van der Waals surface area contributed by atoms with Crippen molar-refractivity contribution in [3.8, 4) is 11.6 Å². The topological polar surface area (TPSA) is 71.7 Å². The molecule has 148 valence electrons. The molecular weight excluding hydrogens is 364 g/mol. The molecule has 1 amide bonds. The molecule has 0 radical (unpaired) electrons. The predicted molar refractivity (Wildman–Crippen MR) is 113 cm³/mol. The number of amides is 1. The van der Waals surface area contributed by atoms with Crippen LogP contribution in [0.4, 0.5) is 5.69 Å². The van der Waals surface area contributed by atoms with Gasteiger partial charge in [-0.2, -0.15) is 0 Å². The van der Waals surface area contributed by atoms with E-state index < -0.39 is 5.91 Å². The van der Waals surface area contributed by atoms with Crippen LogP contribution < -0.4 is 15.4 Å². The van der Waals surface area contributed by atoms with Gasteiger partial charge in [-0.25, -0.2) is 4.98 Å². The summed E-state index contributed by atoms with van der Waals surface area (Å²) in [7, 11) is 0. The fourth-order valence-corrected chi connectivity index (χ4v) is 3.43. The molecule has 1 saturated heterocycles. The summed E-state index contributed by atoms with van der Waals surface area (Å²) in [6.45, 7) is 5.09. The van der Waals surface area contributed by atoms with Crippen molar-refractivity contribution in [2.75, 3.05) is 31.1 Å². The molecule has 0 atom stereocenters. The molecule has 1 fully saturated rings. The molecule has 0 bridgehead atoms. The summed E-state index contributed by atoms with van der Waals surface area (Å²) < 4.78 is 5.74. The number of carbonyl (C=O) groups excluding carboxylic acids is 1. The number of rotatable bonds is 6. The van der Waals surface area contributed by atoms with Crippen LogP contribution in [0.2, 0.25) is 0 Å². The maximum absolute atomic E-state index is 11.1. The van der Waals surface area contributed by atoms with Gasteiger partial charge in [0.25, 0.3) is 0 Å². The summed E-state index contributed by atoms with van der Waals surface area (Å²) in [6, 6.07) is 21.9. The number of para-hydroxylation sites is 1. The summed E-state index contributed by atoms with van der Waals surface area (Å²) in [5, 5.41) is 0. The molecule has 0 unspecified atom stereocenters. The predicted octanol–water partition coefficient (Wildman–Crippen LogP) is 3.30. The molecule has 2 heterocycles. The van der Waals surface area contributed by atoms with Crippen molar-refractivity contribution in [2.45, 2.75) is 6.54 Å². The Labute approximate surface area is 170 Å². The number of nitrogens with two attached hydrogens (primary N) is 1. The molecule has 1 aliphatic heterocycles. The zero-order valence-corrected chi connectivity index (χ0v) is 16.2. The zero-order valence-electron chi connectivity index (χ0n) is 16.2. The van der Waals surface area contributed by atoms with Gasteiger partial charge in [0, 0.05) is 50.7 Å². The van der Waals surface area contributed by atoms with Crippen molar-refractivity contribution in [3.05, 3.63) is 84.1 Å². The van der Waals surface area contributed by atoms with Gasteiger partial charge in [-0.05, 0) is 35.9 Å². The number of hydrogen-bond donors (Lipinski definition) is 1. The van der Waals surface area contributed by atoms with Crippen molar-refractivity contribution < 1.29 is 9.53 Å². The second kappa shape index (κ2) is 8.75. The third kappa shape index (κ3) is 4.92. The highest BCUT2D eigenvalue weighted by Gasteiger charge is 2.17. The number of piperazine rings is 1. The van der Waals surface area contributed by atoms with Gasteiger partial charge in [-0.3, -0.25) is 9.69 Å². The SMILES string of the molecule is NC(=O)c1ccc(Oc2ccc(CN3CCN(c4ccccc4)CC3)cc2)nc1. The first-order chi connectivity index (χ1) is 14.2. The van der Waals surface area contributed by atoms with E-state index >= 15 is 0 Å². The molecule has 6 nitrogen and oxygen atoms in total. The minimum atomic E-state index is -0.502. The zero-order chi connectivity index (χ0) is 20.1. The van der Waals surface area contributed by atoms with E-state index in [9.17, 15) is 4.79 Å². The Kier molecular flexibility index (Phi) is 5.72. The third-order valence-electron chi connectivity index (χ3n) is 5.07. The standard InChI is InChI=1S/C23H24N4O2/c24-23(28)19-8-11-22(25-16-19)29-21-9-6-18(7-10-21)17-26-12-14-27(15-13-26)20-4-2-1-3-5-20/h1-11,16H,12-15,17H2,(H2,24,28). The van der Waals surface area contributed by atoms with E-state index in [-0.39, 0.29) is 0 Å². The lowest BCUT2D eigenvalue weighted by Gasteiger charge is -2.36. The first-order valence-corrected chi connectivity index (χ1v) is 9.72. The number of pyridine rings is 1. The highest BCUT2D eigenvalue weighted by Crippen LogP contribution is 2.21. The number of benzene rings is 2. The number of nitrogens with zero attached hydrogens (tertiary/aromatic N) is 3. The average Bonchev–Trinajstić information content (AvgIpc) is 2.77. The van der Waals surface area contributed by atoms with Crippen LogP contribution in [0.3, 0.4) is 0 Å². The Bertz CT molecular complexity index is 935. The van der Waals surface area contributed by atoms with Gasteiger partial charge < -0.3 is 15.4 Å². The van der Waals surface area contributed by atoms with Crippen LogP contribution in [0.15, 0.2) is 72.9 Å².